The molecule has 0 aliphatic carbocycles. The van der Waals surface area contributed by atoms with Gasteiger partial charge in [0.1, 0.15) is 27.5 Å². The molecule has 0 spiro atoms. The normalized spacial score (nSPS) is 13.9. The van der Waals surface area contributed by atoms with E-state index in [-0.39, 0.29) is 0 Å². The first-order valence-electron chi connectivity index (χ1n) is 3.36. The van der Waals surface area contributed by atoms with Crippen molar-refractivity contribution in [2.45, 2.75) is 9.79 Å². The Morgan fingerprint density at radius 1 is 1.27 bits per heavy atom. The van der Waals surface area contributed by atoms with Crippen molar-refractivity contribution >= 4 is 21.1 Å². The van der Waals surface area contributed by atoms with Crippen molar-refractivity contribution in [2.24, 2.45) is 5.14 Å². The minimum Gasteiger partial charge on any atom is -0.282 e. The van der Waals surface area contributed by atoms with Crippen LogP contribution in [-0.4, -0.2) is 17.2 Å². The van der Waals surface area contributed by atoms with Crippen molar-refractivity contribution in [1.29, 1.82) is 0 Å². The Kier molecular flexibility index (Phi) is 3.19. The molecule has 0 fully saturated rings. The highest BCUT2D eigenvalue weighted by atomic mass is 32.2. The minimum atomic E-state index is -4.71. The van der Waals surface area contributed by atoms with Crippen LogP contribution < -0.4 is 5.14 Å². The fraction of sp³-hybridized carbons (Fsp3) is 0. The quantitative estimate of drug-likeness (QED) is 0.739. The summed E-state index contributed by atoms with van der Waals surface area (Å²) in [4.78, 5) is -1.91. The Hall–Kier alpha value is -0.900. The van der Waals surface area contributed by atoms with Crippen LogP contribution in [0, 0.1) is 11.6 Å². The first kappa shape index (κ1) is 12.2. The topological polar surface area (TPSA) is 97.5 Å². The van der Waals surface area contributed by atoms with Gasteiger partial charge in [0.05, 0.1) is 4.90 Å². The third-order valence-electron chi connectivity index (χ3n) is 1.47. The van der Waals surface area contributed by atoms with E-state index in [4.69, 9.17) is 9.69 Å². The fourth-order valence-corrected chi connectivity index (χ4v) is 1.88. The summed E-state index contributed by atoms with van der Waals surface area (Å²) in [5, 5.41) is 4.75. The molecule has 0 amide bonds. The van der Waals surface area contributed by atoms with Crippen molar-refractivity contribution in [3.05, 3.63) is 23.8 Å². The molecule has 0 saturated heterocycles. The molecular weight excluding hydrogens is 252 g/mol. The van der Waals surface area contributed by atoms with E-state index in [0.29, 0.717) is 12.1 Å². The second-order valence-corrected chi connectivity index (χ2v) is 4.91. The zero-order chi connectivity index (χ0) is 11.8. The van der Waals surface area contributed by atoms with Crippen LogP contribution in [0.3, 0.4) is 0 Å². The van der Waals surface area contributed by atoms with Gasteiger partial charge in [-0.2, -0.15) is 8.42 Å². The lowest BCUT2D eigenvalue weighted by Crippen LogP contribution is -2.10. The lowest BCUT2D eigenvalue weighted by molar-refractivity contribution is 0.476. The molecule has 84 valence electrons. The first-order valence-corrected chi connectivity index (χ1v) is 6.01. The average molecular weight is 257 g/mol. The molecule has 1 rings (SSSR count). The molecule has 1 aromatic rings. The number of benzene rings is 1. The molecule has 0 bridgehead atoms. The second kappa shape index (κ2) is 3.93. The van der Waals surface area contributed by atoms with Crippen molar-refractivity contribution in [3.63, 3.8) is 0 Å². The zero-order valence-corrected chi connectivity index (χ0v) is 8.61. The molecule has 0 saturated carbocycles. The van der Waals surface area contributed by atoms with Gasteiger partial charge in [0.2, 0.25) is 0 Å². The van der Waals surface area contributed by atoms with Crippen molar-refractivity contribution in [3.8, 4) is 0 Å². The Morgan fingerprint density at radius 3 is 1.93 bits per heavy atom. The Balaban J connectivity index is 3.52. The molecule has 5 nitrogen and oxygen atoms in total. The molecule has 1 aromatic carbocycles. The predicted molar refractivity (Wildman–Crippen MR) is 46.8 cm³/mol. The van der Waals surface area contributed by atoms with E-state index in [1.165, 1.54) is 0 Å². The third-order valence-corrected chi connectivity index (χ3v) is 3.09. The van der Waals surface area contributed by atoms with Crippen molar-refractivity contribution in [1.82, 2.24) is 0 Å². The van der Waals surface area contributed by atoms with Crippen LogP contribution in [-0.2, 0) is 21.1 Å². The van der Waals surface area contributed by atoms with E-state index in [0.717, 1.165) is 0 Å². The first-order chi connectivity index (χ1) is 6.73. The summed E-state index contributed by atoms with van der Waals surface area (Å²) in [6.07, 6.45) is 0. The number of nitrogens with two attached hydrogens (primary N) is 1. The van der Waals surface area contributed by atoms with Crippen molar-refractivity contribution < 1.29 is 26.0 Å². The summed E-state index contributed by atoms with van der Waals surface area (Å²) in [6, 6.07) is 0.664. The summed E-state index contributed by atoms with van der Waals surface area (Å²) < 4.78 is 66.2. The van der Waals surface area contributed by atoms with Crippen LogP contribution in [0.2, 0.25) is 0 Å². The molecule has 1 atom stereocenters. The summed E-state index contributed by atoms with van der Waals surface area (Å²) in [5.74, 6) is -2.80. The third kappa shape index (κ3) is 2.56. The fourth-order valence-electron chi connectivity index (χ4n) is 0.878. The Morgan fingerprint density at radius 2 is 1.67 bits per heavy atom. The predicted octanol–water partition coefficient (Wildman–Crippen LogP) is 0.193. The monoisotopic (exact) mass is 257 g/mol. The van der Waals surface area contributed by atoms with Gasteiger partial charge in [-0.25, -0.2) is 18.1 Å². The molecule has 15 heavy (non-hydrogen) atoms. The van der Waals surface area contributed by atoms with E-state index in [1.54, 1.807) is 0 Å². The maximum Gasteiger partial charge on any atom is 0.294 e. The number of hydrogen-bond donors (Lipinski definition) is 2. The molecule has 9 heteroatoms. The standard InChI is InChI=1S/C6H5F2NO4S2/c7-4-1-3(15(11,12)13)2-5(8)6(4)14(9)10/h1-2H,9H2,(H,11,12,13). The molecule has 0 aliphatic rings. The maximum atomic E-state index is 13.0. The number of rotatable bonds is 2. The highest BCUT2D eigenvalue weighted by molar-refractivity contribution is 7.85. The van der Waals surface area contributed by atoms with Gasteiger partial charge in [0.15, 0.2) is 0 Å². The minimum absolute atomic E-state index is 0.332. The van der Waals surface area contributed by atoms with Crippen LogP contribution in [0.15, 0.2) is 21.9 Å². The summed E-state index contributed by atoms with van der Waals surface area (Å²) >= 11 is 0. The van der Waals surface area contributed by atoms with Gasteiger partial charge < -0.3 is 0 Å². The Labute approximate surface area is 86.2 Å². The van der Waals surface area contributed by atoms with E-state index in [9.17, 15) is 21.4 Å². The van der Waals surface area contributed by atoms with Gasteiger partial charge in [0.25, 0.3) is 10.1 Å². The van der Waals surface area contributed by atoms with Crippen LogP contribution >= 0.6 is 0 Å². The van der Waals surface area contributed by atoms with E-state index in [2.05, 4.69) is 0 Å². The smallest absolute Gasteiger partial charge is 0.282 e. The summed E-state index contributed by atoms with van der Waals surface area (Å²) in [5.41, 5.74) is 0. The number of halogens is 2. The molecule has 0 radical (unpaired) electrons. The van der Waals surface area contributed by atoms with Gasteiger partial charge in [0, 0.05) is 0 Å². The summed E-state index contributed by atoms with van der Waals surface area (Å²) in [6.45, 7) is 0. The number of hydrogen-bond acceptors (Lipinski definition) is 3. The van der Waals surface area contributed by atoms with Gasteiger partial charge >= 0.3 is 0 Å². The van der Waals surface area contributed by atoms with Gasteiger partial charge in [-0.05, 0) is 12.1 Å². The van der Waals surface area contributed by atoms with Crippen LogP contribution in [0.25, 0.3) is 0 Å². The molecule has 0 aromatic heterocycles. The van der Waals surface area contributed by atoms with Crippen LogP contribution in [0.4, 0.5) is 8.78 Å². The maximum absolute atomic E-state index is 13.0. The van der Waals surface area contributed by atoms with Crippen LogP contribution in [0.1, 0.15) is 0 Å². The lowest BCUT2D eigenvalue weighted by atomic mass is 10.3. The van der Waals surface area contributed by atoms with E-state index in [1.807, 2.05) is 0 Å². The zero-order valence-electron chi connectivity index (χ0n) is 6.98. The molecule has 0 heterocycles. The highest BCUT2D eigenvalue weighted by Gasteiger charge is 2.19. The Bertz CT molecular complexity index is 505. The van der Waals surface area contributed by atoms with Gasteiger partial charge in [-0.15, -0.1) is 0 Å². The largest absolute Gasteiger partial charge is 0.294 e. The van der Waals surface area contributed by atoms with Crippen LogP contribution in [0.5, 0.6) is 0 Å². The second-order valence-electron chi connectivity index (χ2n) is 2.49. The SMILES string of the molecule is NS(=O)c1c(F)cc(S(=O)(=O)O)cc1F. The molecule has 0 aliphatic heterocycles. The average Bonchev–Trinajstić information content (AvgIpc) is 1.99. The van der Waals surface area contributed by atoms with E-state index < -0.39 is 42.5 Å². The van der Waals surface area contributed by atoms with Crippen molar-refractivity contribution in [2.75, 3.05) is 0 Å². The molecule has 3 N–H and O–H groups in total. The highest BCUT2D eigenvalue weighted by Crippen LogP contribution is 2.20. The molecular formula is C6H5F2NO4S2. The molecule has 1 unspecified atom stereocenters. The van der Waals surface area contributed by atoms with Gasteiger partial charge in [-0.1, -0.05) is 0 Å². The van der Waals surface area contributed by atoms with Gasteiger partial charge in [-0.3, -0.25) is 4.55 Å². The lowest BCUT2D eigenvalue weighted by Gasteiger charge is -2.03. The van der Waals surface area contributed by atoms with E-state index >= 15 is 0 Å². The summed E-state index contributed by atoms with van der Waals surface area (Å²) in [7, 11) is -7.12.